The zero-order valence-electron chi connectivity index (χ0n) is 11.3. The number of rotatable bonds is 3. The molecule has 1 saturated heterocycles. The molecule has 0 bridgehead atoms. The van der Waals surface area contributed by atoms with Crippen LogP contribution in [0.15, 0.2) is 11.2 Å². The highest BCUT2D eigenvalue weighted by Gasteiger charge is 2.38. The molecule has 0 aromatic carbocycles. The Morgan fingerprint density at radius 1 is 1.53 bits per heavy atom. The minimum atomic E-state index is -3.72. The Hall–Kier alpha value is -1.41. The molecule has 1 unspecified atom stereocenters. The maximum absolute atomic E-state index is 12.5. The summed E-state index contributed by atoms with van der Waals surface area (Å²) >= 11 is 0. The minimum absolute atomic E-state index is 0.000602. The number of nitrogens with one attached hydrogen (secondary N) is 1. The Morgan fingerprint density at radius 3 is 2.74 bits per heavy atom. The molecule has 1 aromatic rings. The Labute approximate surface area is 112 Å². The van der Waals surface area contributed by atoms with E-state index >= 15 is 0 Å². The number of sulfonamides is 1. The number of piperazine rings is 1. The quantitative estimate of drug-likeness (QED) is 0.821. The number of nitrogens with zero attached hydrogens (tertiary/aromatic N) is 3. The van der Waals surface area contributed by atoms with Crippen molar-refractivity contribution in [2.75, 3.05) is 13.1 Å². The van der Waals surface area contributed by atoms with E-state index in [4.69, 9.17) is 0 Å². The fraction of sp³-hybridized carbons (Fsp3) is 0.636. The number of aryl methyl sites for hydroxylation is 2. The van der Waals surface area contributed by atoms with E-state index in [-0.39, 0.29) is 17.5 Å². The Kier molecular flexibility index (Phi) is 3.64. The van der Waals surface area contributed by atoms with Gasteiger partial charge in [0, 0.05) is 26.3 Å². The fourth-order valence-corrected chi connectivity index (χ4v) is 3.83. The molecule has 2 rings (SSSR count). The summed E-state index contributed by atoms with van der Waals surface area (Å²) in [6, 6.07) is -0.652. The summed E-state index contributed by atoms with van der Waals surface area (Å²) in [7, 11) is -1.98. The number of imidazole rings is 1. The number of carbonyl (C=O) groups is 1. The third-order valence-electron chi connectivity index (χ3n) is 3.33. The predicted octanol–water partition coefficient (Wildman–Crippen LogP) is -0.372. The van der Waals surface area contributed by atoms with Gasteiger partial charge in [0.15, 0.2) is 5.03 Å². The molecule has 0 radical (unpaired) electrons. The van der Waals surface area contributed by atoms with Gasteiger partial charge in [-0.2, -0.15) is 4.31 Å². The van der Waals surface area contributed by atoms with Crippen molar-refractivity contribution < 1.29 is 13.2 Å². The smallest absolute Gasteiger partial charge is 0.262 e. The second-order valence-electron chi connectivity index (χ2n) is 4.57. The largest absolute Gasteiger partial charge is 0.353 e. The van der Waals surface area contributed by atoms with Gasteiger partial charge in [-0.25, -0.2) is 13.4 Å². The average molecular weight is 286 g/mol. The monoisotopic (exact) mass is 286 g/mol. The summed E-state index contributed by atoms with van der Waals surface area (Å²) in [6.07, 6.45) is 1.92. The van der Waals surface area contributed by atoms with Crippen molar-refractivity contribution in [2.24, 2.45) is 7.05 Å². The molecule has 1 N–H and O–H groups in total. The molecule has 8 heteroatoms. The molecule has 19 heavy (non-hydrogen) atoms. The molecule has 0 spiro atoms. The van der Waals surface area contributed by atoms with Gasteiger partial charge in [-0.1, -0.05) is 6.92 Å². The Morgan fingerprint density at radius 2 is 2.21 bits per heavy atom. The van der Waals surface area contributed by atoms with Crippen LogP contribution < -0.4 is 5.32 Å². The lowest BCUT2D eigenvalue weighted by Gasteiger charge is -2.32. The van der Waals surface area contributed by atoms with Crippen LogP contribution in [-0.4, -0.2) is 47.3 Å². The van der Waals surface area contributed by atoms with Gasteiger partial charge in [0.25, 0.3) is 10.0 Å². The standard InChI is InChI=1S/C11H18N4O3S/c1-4-9-11(16)12-5-6-15(9)19(17,18)10-7-14(3)8(2)13-10/h7,9H,4-6H2,1-3H3,(H,12,16). The zero-order chi connectivity index (χ0) is 14.2. The zero-order valence-corrected chi connectivity index (χ0v) is 12.1. The molecule has 1 amide bonds. The molecule has 1 aliphatic rings. The third-order valence-corrected chi connectivity index (χ3v) is 5.11. The summed E-state index contributed by atoms with van der Waals surface area (Å²) in [5.74, 6) is 0.373. The van der Waals surface area contributed by atoms with Crippen LogP contribution in [0.1, 0.15) is 19.2 Å². The molecular formula is C11H18N4O3S. The van der Waals surface area contributed by atoms with E-state index in [1.165, 1.54) is 10.5 Å². The van der Waals surface area contributed by atoms with E-state index in [0.717, 1.165) is 0 Å². The minimum Gasteiger partial charge on any atom is -0.353 e. The van der Waals surface area contributed by atoms with Crippen LogP contribution in [0.3, 0.4) is 0 Å². The molecule has 106 valence electrons. The van der Waals surface area contributed by atoms with Crippen LogP contribution in [-0.2, 0) is 21.9 Å². The first-order valence-corrected chi connectivity index (χ1v) is 7.61. The Balaban J connectivity index is 2.40. The highest BCUT2D eigenvalue weighted by Crippen LogP contribution is 2.20. The normalized spacial score (nSPS) is 21.4. The van der Waals surface area contributed by atoms with E-state index in [2.05, 4.69) is 10.3 Å². The van der Waals surface area contributed by atoms with Crippen molar-refractivity contribution in [3.8, 4) is 0 Å². The molecule has 7 nitrogen and oxygen atoms in total. The number of hydrogen-bond donors (Lipinski definition) is 1. The first-order chi connectivity index (χ1) is 8.87. The lowest BCUT2D eigenvalue weighted by atomic mass is 10.2. The van der Waals surface area contributed by atoms with Crippen molar-refractivity contribution in [2.45, 2.75) is 31.3 Å². The molecule has 0 saturated carbocycles. The van der Waals surface area contributed by atoms with Gasteiger partial charge in [-0.3, -0.25) is 4.79 Å². The second-order valence-corrected chi connectivity index (χ2v) is 6.41. The molecule has 1 aromatic heterocycles. The van der Waals surface area contributed by atoms with Crippen LogP contribution in [0.2, 0.25) is 0 Å². The molecular weight excluding hydrogens is 268 g/mol. The number of hydrogen-bond acceptors (Lipinski definition) is 4. The van der Waals surface area contributed by atoms with Crippen molar-refractivity contribution in [1.82, 2.24) is 19.2 Å². The summed E-state index contributed by atoms with van der Waals surface area (Å²) in [5.41, 5.74) is 0. The van der Waals surface area contributed by atoms with Gasteiger partial charge in [-0.05, 0) is 13.3 Å². The van der Waals surface area contributed by atoms with Gasteiger partial charge in [0.05, 0.1) is 0 Å². The SMILES string of the molecule is CCC1C(=O)NCCN1S(=O)(=O)c1cn(C)c(C)n1. The van der Waals surface area contributed by atoms with Crippen molar-refractivity contribution >= 4 is 15.9 Å². The van der Waals surface area contributed by atoms with Crippen molar-refractivity contribution in [3.05, 3.63) is 12.0 Å². The molecule has 0 aliphatic carbocycles. The van der Waals surface area contributed by atoms with Crippen LogP contribution in [0.5, 0.6) is 0 Å². The van der Waals surface area contributed by atoms with Gasteiger partial charge < -0.3 is 9.88 Å². The second kappa shape index (κ2) is 4.93. The summed E-state index contributed by atoms with van der Waals surface area (Å²) in [5, 5.41) is 2.68. The number of amides is 1. The maximum atomic E-state index is 12.5. The molecule has 2 heterocycles. The van der Waals surface area contributed by atoms with Gasteiger partial charge >= 0.3 is 0 Å². The first-order valence-electron chi connectivity index (χ1n) is 6.17. The average Bonchev–Trinajstić information content (AvgIpc) is 2.70. The summed E-state index contributed by atoms with van der Waals surface area (Å²) in [6.45, 7) is 4.14. The maximum Gasteiger partial charge on any atom is 0.262 e. The van der Waals surface area contributed by atoms with Gasteiger partial charge in [-0.15, -0.1) is 0 Å². The topological polar surface area (TPSA) is 84.3 Å². The van der Waals surface area contributed by atoms with E-state index in [1.54, 1.807) is 25.5 Å². The fourth-order valence-electron chi connectivity index (χ4n) is 2.14. The Bertz CT molecular complexity index is 574. The van der Waals surface area contributed by atoms with Crippen LogP contribution in [0.4, 0.5) is 0 Å². The van der Waals surface area contributed by atoms with Crippen LogP contribution in [0, 0.1) is 6.92 Å². The molecule has 1 aliphatic heterocycles. The molecule has 1 atom stereocenters. The highest BCUT2D eigenvalue weighted by molar-refractivity contribution is 7.89. The first kappa shape index (κ1) is 14.0. The van der Waals surface area contributed by atoms with E-state index in [9.17, 15) is 13.2 Å². The highest BCUT2D eigenvalue weighted by atomic mass is 32.2. The van der Waals surface area contributed by atoms with E-state index in [0.29, 0.717) is 18.8 Å². The third kappa shape index (κ3) is 2.37. The van der Waals surface area contributed by atoms with Crippen LogP contribution >= 0.6 is 0 Å². The van der Waals surface area contributed by atoms with Crippen LogP contribution in [0.25, 0.3) is 0 Å². The number of aromatic nitrogens is 2. The van der Waals surface area contributed by atoms with Gasteiger partial charge in [0.1, 0.15) is 11.9 Å². The summed E-state index contributed by atoms with van der Waals surface area (Å²) in [4.78, 5) is 15.8. The summed E-state index contributed by atoms with van der Waals surface area (Å²) < 4.78 is 28.0. The number of carbonyl (C=O) groups excluding carboxylic acids is 1. The lowest BCUT2D eigenvalue weighted by Crippen LogP contribution is -2.56. The molecule has 1 fully saturated rings. The lowest BCUT2D eigenvalue weighted by molar-refractivity contribution is -0.126. The van der Waals surface area contributed by atoms with Crippen molar-refractivity contribution in [3.63, 3.8) is 0 Å². The van der Waals surface area contributed by atoms with E-state index < -0.39 is 16.1 Å². The van der Waals surface area contributed by atoms with E-state index in [1.807, 2.05) is 0 Å². The predicted molar refractivity (Wildman–Crippen MR) is 68.9 cm³/mol. The van der Waals surface area contributed by atoms with Gasteiger partial charge in [0.2, 0.25) is 5.91 Å². The van der Waals surface area contributed by atoms with Crippen molar-refractivity contribution in [1.29, 1.82) is 0 Å².